The van der Waals surface area contributed by atoms with E-state index in [4.69, 9.17) is 0 Å². The van der Waals surface area contributed by atoms with Crippen LogP contribution in [0, 0.1) is 0 Å². The average molecular weight is 923 g/mol. The van der Waals surface area contributed by atoms with Gasteiger partial charge in [-0.2, -0.15) is 0 Å². The number of nitrogens with zero attached hydrogens (tertiary/aromatic N) is 2. The minimum atomic E-state index is 1.17. The Kier molecular flexibility index (Phi) is 7.95. The first kappa shape index (κ1) is 38.4. The maximum absolute atomic E-state index is 2.51. The van der Waals surface area contributed by atoms with Gasteiger partial charge in [-0.3, -0.25) is 0 Å². The molecule has 0 amide bonds. The molecule has 12 aromatic carbocycles. The van der Waals surface area contributed by atoms with Crippen LogP contribution in [0.3, 0.4) is 0 Å². The zero-order valence-corrected chi connectivity index (χ0v) is 39.3. The van der Waals surface area contributed by atoms with Gasteiger partial charge in [-0.15, -0.1) is 22.7 Å². The predicted octanol–water partition coefficient (Wildman–Crippen LogP) is 19.4. The summed E-state index contributed by atoms with van der Waals surface area (Å²) in [6, 6.07) is 85.9. The molecule has 16 rings (SSSR count). The molecule has 0 saturated heterocycles. The number of para-hydroxylation sites is 2. The second kappa shape index (κ2) is 14.5. The highest BCUT2D eigenvalue weighted by Gasteiger charge is 2.25. The van der Waals surface area contributed by atoms with Gasteiger partial charge < -0.3 is 9.13 Å². The fourth-order valence-corrected chi connectivity index (χ4v) is 14.7. The topological polar surface area (TPSA) is 9.86 Å². The maximum atomic E-state index is 2.51. The highest BCUT2D eigenvalue weighted by atomic mass is 32.1. The summed E-state index contributed by atoms with van der Waals surface area (Å²) in [5, 5.41) is 18.1. The van der Waals surface area contributed by atoms with Gasteiger partial charge in [0.05, 0.1) is 31.5 Å². The van der Waals surface area contributed by atoms with Gasteiger partial charge in [0.1, 0.15) is 0 Å². The van der Waals surface area contributed by atoms with Gasteiger partial charge >= 0.3 is 0 Å². The van der Waals surface area contributed by atoms with Crippen molar-refractivity contribution in [1.82, 2.24) is 9.13 Å². The van der Waals surface area contributed by atoms with Gasteiger partial charge in [-0.1, -0.05) is 170 Å². The standard InChI is InChI=1S/C66H38N2S2/c1-3-17-41(18-4-1)67-55-35-31-39(37-53(55)59-47-23-9-11-25-49(47)61-51-27-13-15-29-57(51)69-65(61)63(59)67)43-33-34-44(46-22-8-7-21-45(43)46)40-32-36-56-54(38-40)60-48-24-10-12-26-50(48)62-52-28-14-16-30-58(52)70-66(62)64(60)68(56)42-19-5-2-6-20-42/h1-38H. The van der Waals surface area contributed by atoms with E-state index in [1.807, 2.05) is 22.7 Å². The van der Waals surface area contributed by atoms with E-state index in [2.05, 4.69) is 240 Å². The van der Waals surface area contributed by atoms with Crippen molar-refractivity contribution < 1.29 is 0 Å². The Morgan fingerprint density at radius 2 is 0.600 bits per heavy atom. The fraction of sp³-hybridized carbons (Fsp3) is 0. The van der Waals surface area contributed by atoms with Crippen LogP contribution in [-0.2, 0) is 0 Å². The lowest BCUT2D eigenvalue weighted by atomic mass is 9.90. The molecule has 0 aliphatic rings. The van der Waals surface area contributed by atoms with Gasteiger partial charge in [0.15, 0.2) is 0 Å². The monoisotopic (exact) mass is 922 g/mol. The smallest absolute Gasteiger partial charge is 0.0726 e. The third-order valence-corrected chi connectivity index (χ3v) is 17.4. The molecule has 0 unspecified atom stereocenters. The molecular formula is C66H38N2S2. The van der Waals surface area contributed by atoms with Crippen molar-refractivity contribution in [2.45, 2.75) is 0 Å². The van der Waals surface area contributed by atoms with Gasteiger partial charge in [0.2, 0.25) is 0 Å². The highest BCUT2D eigenvalue weighted by Crippen LogP contribution is 2.51. The molecule has 0 atom stereocenters. The van der Waals surface area contributed by atoms with E-state index < -0.39 is 0 Å². The third-order valence-electron chi connectivity index (χ3n) is 15.1. The number of aromatic nitrogens is 2. The van der Waals surface area contributed by atoms with Crippen LogP contribution in [0.4, 0.5) is 0 Å². The lowest BCUT2D eigenvalue weighted by Gasteiger charge is -2.13. The summed E-state index contributed by atoms with van der Waals surface area (Å²) in [5.41, 5.74) is 12.2. The zero-order valence-electron chi connectivity index (χ0n) is 37.7. The first-order valence-corrected chi connectivity index (χ1v) is 25.6. The van der Waals surface area contributed by atoms with Crippen LogP contribution in [0.25, 0.3) is 150 Å². The molecule has 16 aromatic rings. The van der Waals surface area contributed by atoms with Gasteiger partial charge in [-0.05, 0) is 115 Å². The minimum absolute atomic E-state index is 1.17. The number of rotatable bonds is 4. The summed E-state index contributed by atoms with van der Waals surface area (Å²) in [5.74, 6) is 0. The van der Waals surface area contributed by atoms with Crippen LogP contribution in [-0.4, -0.2) is 9.13 Å². The number of hydrogen-bond donors (Lipinski definition) is 0. The Hall–Kier alpha value is -8.54. The molecular weight excluding hydrogens is 885 g/mol. The molecule has 324 valence electrons. The molecule has 4 heterocycles. The quantitative estimate of drug-likeness (QED) is 0.166. The summed E-state index contributed by atoms with van der Waals surface area (Å²) in [7, 11) is 0. The maximum Gasteiger partial charge on any atom is 0.0726 e. The first-order chi connectivity index (χ1) is 34.8. The summed E-state index contributed by atoms with van der Waals surface area (Å²) >= 11 is 3.83. The van der Waals surface area contributed by atoms with E-state index >= 15 is 0 Å². The van der Waals surface area contributed by atoms with E-state index in [-0.39, 0.29) is 0 Å². The number of thiophene rings is 2. The molecule has 0 aliphatic heterocycles. The lowest BCUT2D eigenvalue weighted by molar-refractivity contribution is 1.19. The minimum Gasteiger partial charge on any atom is -0.308 e. The van der Waals surface area contributed by atoms with E-state index in [0.29, 0.717) is 0 Å². The van der Waals surface area contributed by atoms with Crippen molar-refractivity contribution >= 4 is 139 Å². The van der Waals surface area contributed by atoms with Gasteiger partial charge in [0, 0.05) is 63.9 Å². The summed E-state index contributed by atoms with van der Waals surface area (Å²) in [6.07, 6.45) is 0. The SMILES string of the molecule is c1ccc(-n2c3ccc(-c4ccc(-c5ccc6c(c5)c5c7ccccc7c7c8ccccc8sc7c5n6-c5ccccc5)c5ccccc45)cc3c3c4ccccc4c4c5ccccc5sc4c32)cc1. The average Bonchev–Trinajstić information content (AvgIpc) is 4.20. The Bertz CT molecular complexity index is 4560. The van der Waals surface area contributed by atoms with Crippen LogP contribution < -0.4 is 0 Å². The van der Waals surface area contributed by atoms with Crippen molar-refractivity contribution in [3.63, 3.8) is 0 Å². The second-order valence-electron chi connectivity index (χ2n) is 18.7. The summed E-state index contributed by atoms with van der Waals surface area (Å²) in [6.45, 7) is 0. The Morgan fingerprint density at radius 3 is 1.01 bits per heavy atom. The first-order valence-electron chi connectivity index (χ1n) is 24.0. The summed E-state index contributed by atoms with van der Waals surface area (Å²) < 4.78 is 10.3. The molecule has 4 aromatic heterocycles. The third kappa shape index (κ3) is 5.21. The zero-order chi connectivity index (χ0) is 45.6. The second-order valence-corrected chi connectivity index (χ2v) is 20.8. The summed E-state index contributed by atoms with van der Waals surface area (Å²) in [4.78, 5) is 0. The van der Waals surface area contributed by atoms with Crippen LogP contribution >= 0.6 is 22.7 Å². The van der Waals surface area contributed by atoms with Crippen LogP contribution in [0.1, 0.15) is 0 Å². The molecule has 0 spiro atoms. The largest absolute Gasteiger partial charge is 0.308 e. The molecule has 0 radical (unpaired) electrons. The van der Waals surface area contributed by atoms with Crippen molar-refractivity contribution in [3.05, 3.63) is 231 Å². The number of benzene rings is 12. The Labute approximate surface area is 409 Å². The Balaban J connectivity index is 0.947. The van der Waals surface area contributed by atoms with Crippen LogP contribution in [0.5, 0.6) is 0 Å². The van der Waals surface area contributed by atoms with Gasteiger partial charge in [-0.25, -0.2) is 0 Å². The van der Waals surface area contributed by atoms with Crippen molar-refractivity contribution in [3.8, 4) is 33.6 Å². The molecule has 0 saturated carbocycles. The molecule has 0 N–H and O–H groups in total. The normalized spacial score (nSPS) is 12.3. The van der Waals surface area contributed by atoms with E-state index in [9.17, 15) is 0 Å². The molecule has 70 heavy (non-hydrogen) atoms. The molecule has 0 fully saturated rings. The van der Waals surface area contributed by atoms with Crippen LogP contribution in [0.2, 0.25) is 0 Å². The predicted molar refractivity (Wildman–Crippen MR) is 304 cm³/mol. The van der Waals surface area contributed by atoms with Crippen molar-refractivity contribution in [2.75, 3.05) is 0 Å². The fourth-order valence-electron chi connectivity index (χ4n) is 12.2. The van der Waals surface area contributed by atoms with E-state index in [0.717, 1.165) is 0 Å². The van der Waals surface area contributed by atoms with Crippen molar-refractivity contribution in [2.24, 2.45) is 0 Å². The Morgan fingerprint density at radius 1 is 0.257 bits per heavy atom. The molecule has 4 heteroatoms. The van der Waals surface area contributed by atoms with E-state index in [1.165, 1.54) is 150 Å². The van der Waals surface area contributed by atoms with Gasteiger partial charge in [0.25, 0.3) is 0 Å². The molecule has 0 aliphatic carbocycles. The number of fused-ring (bicyclic) bond motifs is 21. The van der Waals surface area contributed by atoms with Crippen LogP contribution in [0.15, 0.2) is 231 Å². The molecule has 0 bridgehead atoms. The van der Waals surface area contributed by atoms with Crippen molar-refractivity contribution in [1.29, 1.82) is 0 Å². The molecule has 2 nitrogen and oxygen atoms in total. The highest BCUT2D eigenvalue weighted by molar-refractivity contribution is 7.27. The lowest BCUT2D eigenvalue weighted by Crippen LogP contribution is -1.94. The number of hydrogen-bond acceptors (Lipinski definition) is 2. The van der Waals surface area contributed by atoms with E-state index in [1.54, 1.807) is 0 Å².